The number of nitrogens with one attached hydrogen (secondary N) is 1. The molecule has 0 unspecified atom stereocenters. The minimum atomic E-state index is 0.134. The summed E-state index contributed by atoms with van der Waals surface area (Å²) in [7, 11) is 1.64. The van der Waals surface area contributed by atoms with E-state index >= 15 is 0 Å². The SMILES string of the molecule is CCC(=O)/C=C1/Nc2cc(OC)ccc2S1. The number of thioether (sulfide) groups is 1. The molecule has 16 heavy (non-hydrogen) atoms. The Balaban J connectivity index is 2.21. The Morgan fingerprint density at radius 2 is 2.38 bits per heavy atom. The second-order valence-electron chi connectivity index (χ2n) is 3.42. The Labute approximate surface area is 98.9 Å². The molecule has 0 spiro atoms. The molecule has 1 aromatic rings. The molecule has 0 saturated heterocycles. The number of ether oxygens (including phenoxy) is 1. The molecule has 1 aliphatic rings. The number of fused-ring (bicyclic) bond motifs is 1. The number of allylic oxidation sites excluding steroid dienone is 1. The first-order chi connectivity index (χ1) is 7.72. The molecule has 84 valence electrons. The van der Waals surface area contributed by atoms with Gasteiger partial charge in [-0.2, -0.15) is 0 Å². The summed E-state index contributed by atoms with van der Waals surface area (Å²) in [5.41, 5.74) is 1.000. The number of carbonyl (C=O) groups is 1. The Bertz CT molecular complexity index is 454. The molecular weight excluding hydrogens is 222 g/mol. The summed E-state index contributed by atoms with van der Waals surface area (Å²) < 4.78 is 5.14. The molecule has 0 amide bonds. The monoisotopic (exact) mass is 235 g/mol. The maximum atomic E-state index is 11.3. The first-order valence-corrected chi connectivity index (χ1v) is 5.92. The molecule has 1 N–H and O–H groups in total. The normalized spacial score (nSPS) is 15.8. The largest absolute Gasteiger partial charge is 0.497 e. The summed E-state index contributed by atoms with van der Waals surface area (Å²) >= 11 is 1.57. The van der Waals surface area contributed by atoms with E-state index in [2.05, 4.69) is 5.32 Å². The van der Waals surface area contributed by atoms with E-state index < -0.39 is 0 Å². The van der Waals surface area contributed by atoms with Gasteiger partial charge in [0.1, 0.15) is 5.75 Å². The van der Waals surface area contributed by atoms with Gasteiger partial charge < -0.3 is 10.1 Å². The lowest BCUT2D eigenvalue weighted by Crippen LogP contribution is -1.95. The first-order valence-electron chi connectivity index (χ1n) is 5.10. The van der Waals surface area contributed by atoms with E-state index in [0.717, 1.165) is 21.4 Å². The molecule has 0 aromatic heterocycles. The number of benzene rings is 1. The minimum absolute atomic E-state index is 0.134. The fourth-order valence-electron chi connectivity index (χ4n) is 1.41. The van der Waals surface area contributed by atoms with Gasteiger partial charge in [-0.1, -0.05) is 18.7 Å². The van der Waals surface area contributed by atoms with Crippen LogP contribution >= 0.6 is 11.8 Å². The van der Waals surface area contributed by atoms with Crippen LogP contribution < -0.4 is 10.1 Å². The summed E-state index contributed by atoms with van der Waals surface area (Å²) in [6.07, 6.45) is 2.18. The molecule has 0 bridgehead atoms. The fraction of sp³-hybridized carbons (Fsp3) is 0.250. The van der Waals surface area contributed by atoms with Gasteiger partial charge in [-0.05, 0) is 12.1 Å². The number of anilines is 1. The highest BCUT2D eigenvalue weighted by Gasteiger charge is 2.16. The van der Waals surface area contributed by atoms with Crippen molar-refractivity contribution in [3.8, 4) is 5.75 Å². The highest BCUT2D eigenvalue weighted by atomic mass is 32.2. The molecule has 0 aliphatic carbocycles. The van der Waals surface area contributed by atoms with Crippen LogP contribution in [0.1, 0.15) is 13.3 Å². The molecule has 3 nitrogen and oxygen atoms in total. The molecule has 1 aliphatic heterocycles. The zero-order valence-corrected chi connectivity index (χ0v) is 10.1. The van der Waals surface area contributed by atoms with Crippen LogP contribution in [0.3, 0.4) is 0 Å². The van der Waals surface area contributed by atoms with Gasteiger partial charge in [0.15, 0.2) is 5.78 Å². The Morgan fingerprint density at radius 1 is 1.56 bits per heavy atom. The molecule has 2 rings (SSSR count). The van der Waals surface area contributed by atoms with Gasteiger partial charge in [-0.15, -0.1) is 0 Å². The fourth-order valence-corrected chi connectivity index (χ4v) is 2.36. The van der Waals surface area contributed by atoms with Crippen LogP contribution in [0.4, 0.5) is 5.69 Å². The number of carbonyl (C=O) groups excluding carboxylic acids is 1. The van der Waals surface area contributed by atoms with Crippen molar-refractivity contribution < 1.29 is 9.53 Å². The second-order valence-corrected chi connectivity index (χ2v) is 4.50. The van der Waals surface area contributed by atoms with Crippen molar-refractivity contribution in [2.75, 3.05) is 12.4 Å². The van der Waals surface area contributed by atoms with Crippen LogP contribution in [0.2, 0.25) is 0 Å². The standard InChI is InChI=1S/C12H13NO2S/c1-3-8(14)6-12-13-10-7-9(15-2)4-5-11(10)16-12/h4-7,13H,3H2,1-2H3/b12-6-. The van der Waals surface area contributed by atoms with E-state index in [0.29, 0.717) is 6.42 Å². The van der Waals surface area contributed by atoms with E-state index in [9.17, 15) is 4.79 Å². The van der Waals surface area contributed by atoms with E-state index in [1.165, 1.54) is 0 Å². The predicted molar refractivity (Wildman–Crippen MR) is 65.9 cm³/mol. The second kappa shape index (κ2) is 4.61. The lowest BCUT2D eigenvalue weighted by molar-refractivity contribution is -0.114. The Kier molecular flexibility index (Phi) is 3.19. The molecule has 0 atom stereocenters. The summed E-state index contributed by atoms with van der Waals surface area (Å²) in [5.74, 6) is 0.949. The highest BCUT2D eigenvalue weighted by molar-refractivity contribution is 8.03. The first kappa shape index (κ1) is 11.1. The maximum absolute atomic E-state index is 11.3. The van der Waals surface area contributed by atoms with E-state index in [1.807, 2.05) is 25.1 Å². The molecule has 1 aromatic carbocycles. The van der Waals surface area contributed by atoms with Gasteiger partial charge in [0.05, 0.1) is 17.8 Å². The number of rotatable bonds is 3. The quantitative estimate of drug-likeness (QED) is 0.817. The lowest BCUT2D eigenvalue weighted by Gasteiger charge is -2.01. The van der Waals surface area contributed by atoms with Crippen LogP contribution in [-0.4, -0.2) is 12.9 Å². The summed E-state index contributed by atoms with van der Waals surface area (Å²) in [5, 5.41) is 4.08. The van der Waals surface area contributed by atoms with Crippen LogP contribution in [0.25, 0.3) is 0 Å². The average molecular weight is 235 g/mol. The highest BCUT2D eigenvalue weighted by Crippen LogP contribution is 2.42. The van der Waals surface area contributed by atoms with E-state index in [1.54, 1.807) is 24.9 Å². The van der Waals surface area contributed by atoms with Crippen LogP contribution in [0.15, 0.2) is 34.2 Å². The van der Waals surface area contributed by atoms with Crippen molar-refractivity contribution >= 4 is 23.2 Å². The van der Waals surface area contributed by atoms with Gasteiger partial charge >= 0.3 is 0 Å². The van der Waals surface area contributed by atoms with Crippen LogP contribution in [0.5, 0.6) is 5.75 Å². The molecule has 0 radical (unpaired) electrons. The van der Waals surface area contributed by atoms with Crippen LogP contribution in [-0.2, 0) is 4.79 Å². The van der Waals surface area contributed by atoms with Gasteiger partial charge in [-0.25, -0.2) is 0 Å². The third-order valence-corrected chi connectivity index (χ3v) is 3.32. The maximum Gasteiger partial charge on any atom is 0.158 e. The summed E-state index contributed by atoms with van der Waals surface area (Å²) in [6, 6.07) is 5.83. The van der Waals surface area contributed by atoms with Crippen molar-refractivity contribution in [1.82, 2.24) is 0 Å². The van der Waals surface area contributed by atoms with E-state index in [4.69, 9.17) is 4.74 Å². The predicted octanol–water partition coefficient (Wildman–Crippen LogP) is 3.03. The molecule has 4 heteroatoms. The third-order valence-electron chi connectivity index (χ3n) is 2.31. The van der Waals surface area contributed by atoms with E-state index in [-0.39, 0.29) is 5.78 Å². The third kappa shape index (κ3) is 2.22. The zero-order chi connectivity index (χ0) is 11.5. The topological polar surface area (TPSA) is 38.3 Å². The molecule has 1 heterocycles. The average Bonchev–Trinajstić information content (AvgIpc) is 2.69. The Hall–Kier alpha value is -1.42. The summed E-state index contributed by atoms with van der Waals surface area (Å²) in [4.78, 5) is 12.4. The number of hydrogen-bond donors (Lipinski definition) is 1. The van der Waals surface area contributed by atoms with Crippen molar-refractivity contribution in [3.63, 3.8) is 0 Å². The van der Waals surface area contributed by atoms with Crippen LogP contribution in [0, 0.1) is 0 Å². The molecular formula is C12H13NO2S. The van der Waals surface area contributed by atoms with Crippen molar-refractivity contribution in [1.29, 1.82) is 0 Å². The van der Waals surface area contributed by atoms with Gasteiger partial charge in [0, 0.05) is 23.5 Å². The molecule has 0 saturated carbocycles. The summed E-state index contributed by atoms with van der Waals surface area (Å²) in [6.45, 7) is 1.86. The minimum Gasteiger partial charge on any atom is -0.497 e. The number of ketones is 1. The zero-order valence-electron chi connectivity index (χ0n) is 9.24. The number of hydrogen-bond acceptors (Lipinski definition) is 4. The van der Waals surface area contributed by atoms with Gasteiger partial charge in [0.25, 0.3) is 0 Å². The number of methoxy groups -OCH3 is 1. The van der Waals surface area contributed by atoms with Gasteiger partial charge in [0.2, 0.25) is 0 Å². The molecule has 0 fully saturated rings. The lowest BCUT2D eigenvalue weighted by atomic mass is 10.3. The Morgan fingerprint density at radius 3 is 3.06 bits per heavy atom. The van der Waals surface area contributed by atoms with Crippen molar-refractivity contribution in [2.45, 2.75) is 18.2 Å². The van der Waals surface area contributed by atoms with Crippen molar-refractivity contribution in [3.05, 3.63) is 29.3 Å². The van der Waals surface area contributed by atoms with Gasteiger partial charge in [-0.3, -0.25) is 4.79 Å². The van der Waals surface area contributed by atoms with Crippen molar-refractivity contribution in [2.24, 2.45) is 0 Å². The smallest absolute Gasteiger partial charge is 0.158 e.